The SMILES string of the molecule is O=C(O)c1[nH]nc(-c2ccccc2)c1-c1ccccc1Cl. The Morgan fingerprint density at radius 3 is 2.38 bits per heavy atom. The van der Waals surface area contributed by atoms with Crippen molar-refractivity contribution in [3.8, 4) is 22.4 Å². The minimum Gasteiger partial charge on any atom is -0.477 e. The maximum Gasteiger partial charge on any atom is 0.354 e. The number of nitrogens with one attached hydrogen (secondary N) is 1. The van der Waals surface area contributed by atoms with E-state index in [4.69, 9.17) is 11.6 Å². The third-order valence-corrected chi connectivity index (χ3v) is 3.50. The number of nitrogens with zero attached hydrogens (tertiary/aromatic N) is 1. The monoisotopic (exact) mass is 298 g/mol. The zero-order chi connectivity index (χ0) is 14.8. The highest BCUT2D eigenvalue weighted by Crippen LogP contribution is 2.36. The van der Waals surface area contributed by atoms with Gasteiger partial charge in [0.15, 0.2) is 5.69 Å². The average Bonchev–Trinajstić information content (AvgIpc) is 2.93. The quantitative estimate of drug-likeness (QED) is 0.765. The van der Waals surface area contributed by atoms with Crippen molar-refractivity contribution in [1.29, 1.82) is 0 Å². The molecule has 0 bridgehead atoms. The molecule has 104 valence electrons. The molecule has 0 atom stereocenters. The van der Waals surface area contributed by atoms with Gasteiger partial charge in [0, 0.05) is 21.7 Å². The average molecular weight is 299 g/mol. The minimum absolute atomic E-state index is 0.0296. The van der Waals surface area contributed by atoms with Gasteiger partial charge in [0.25, 0.3) is 0 Å². The second-order valence-electron chi connectivity index (χ2n) is 4.47. The molecule has 0 unspecified atom stereocenters. The van der Waals surface area contributed by atoms with Crippen LogP contribution in [-0.4, -0.2) is 21.3 Å². The van der Waals surface area contributed by atoms with E-state index in [0.717, 1.165) is 5.56 Å². The third-order valence-electron chi connectivity index (χ3n) is 3.17. The summed E-state index contributed by atoms with van der Waals surface area (Å²) in [6.45, 7) is 0. The Morgan fingerprint density at radius 1 is 1.05 bits per heavy atom. The number of carboxylic acids is 1. The number of aromatic carboxylic acids is 1. The number of H-pyrrole nitrogens is 1. The summed E-state index contributed by atoms with van der Waals surface area (Å²) < 4.78 is 0. The van der Waals surface area contributed by atoms with Crippen LogP contribution in [0.25, 0.3) is 22.4 Å². The second-order valence-corrected chi connectivity index (χ2v) is 4.88. The van der Waals surface area contributed by atoms with Crippen molar-refractivity contribution in [3.63, 3.8) is 0 Å². The molecule has 0 amide bonds. The molecule has 0 spiro atoms. The molecule has 0 aliphatic rings. The minimum atomic E-state index is -1.07. The van der Waals surface area contributed by atoms with Gasteiger partial charge in [-0.1, -0.05) is 60.1 Å². The number of hydrogen-bond donors (Lipinski definition) is 2. The van der Waals surface area contributed by atoms with Crippen molar-refractivity contribution in [2.75, 3.05) is 0 Å². The summed E-state index contributed by atoms with van der Waals surface area (Å²) in [5, 5.41) is 16.6. The largest absolute Gasteiger partial charge is 0.477 e. The predicted octanol–water partition coefficient (Wildman–Crippen LogP) is 4.10. The lowest BCUT2D eigenvalue weighted by Gasteiger charge is -2.06. The topological polar surface area (TPSA) is 66.0 Å². The lowest BCUT2D eigenvalue weighted by atomic mass is 9.99. The van der Waals surface area contributed by atoms with Crippen molar-refractivity contribution in [2.45, 2.75) is 0 Å². The maximum atomic E-state index is 11.4. The van der Waals surface area contributed by atoms with Crippen LogP contribution in [0.1, 0.15) is 10.5 Å². The molecule has 0 radical (unpaired) electrons. The molecule has 3 rings (SSSR count). The van der Waals surface area contributed by atoms with Gasteiger partial charge in [-0.2, -0.15) is 5.10 Å². The van der Waals surface area contributed by atoms with Gasteiger partial charge in [-0.3, -0.25) is 5.10 Å². The fourth-order valence-electron chi connectivity index (χ4n) is 2.23. The van der Waals surface area contributed by atoms with Gasteiger partial charge in [-0.05, 0) is 6.07 Å². The standard InChI is InChI=1S/C16H11ClN2O2/c17-12-9-5-4-8-11(12)13-14(10-6-2-1-3-7-10)18-19-15(13)16(20)21/h1-9H,(H,18,19)(H,20,21). The van der Waals surface area contributed by atoms with Gasteiger partial charge in [0.05, 0.1) is 0 Å². The van der Waals surface area contributed by atoms with Crippen molar-refractivity contribution in [1.82, 2.24) is 10.2 Å². The summed E-state index contributed by atoms with van der Waals surface area (Å²) in [7, 11) is 0. The van der Waals surface area contributed by atoms with E-state index in [2.05, 4.69) is 10.2 Å². The van der Waals surface area contributed by atoms with Crippen LogP contribution in [0, 0.1) is 0 Å². The van der Waals surface area contributed by atoms with Crippen LogP contribution < -0.4 is 0 Å². The Hall–Kier alpha value is -2.59. The summed E-state index contributed by atoms with van der Waals surface area (Å²) in [6.07, 6.45) is 0. The number of carboxylic acid groups (broad SMARTS) is 1. The highest BCUT2D eigenvalue weighted by atomic mass is 35.5. The molecule has 1 aromatic heterocycles. The number of aromatic amines is 1. The molecule has 1 heterocycles. The summed E-state index contributed by atoms with van der Waals surface area (Å²) in [5.41, 5.74) is 2.57. The molecular weight excluding hydrogens is 288 g/mol. The van der Waals surface area contributed by atoms with Gasteiger partial charge < -0.3 is 5.11 Å². The molecule has 0 saturated heterocycles. The van der Waals surface area contributed by atoms with E-state index >= 15 is 0 Å². The summed E-state index contributed by atoms with van der Waals surface area (Å²) in [5.74, 6) is -1.07. The number of halogens is 1. The van der Waals surface area contributed by atoms with E-state index in [-0.39, 0.29) is 5.69 Å². The first-order valence-corrected chi connectivity index (χ1v) is 6.68. The van der Waals surface area contributed by atoms with Gasteiger partial charge >= 0.3 is 5.97 Å². The summed E-state index contributed by atoms with van der Waals surface area (Å²) in [4.78, 5) is 11.4. The number of benzene rings is 2. The number of hydrogen-bond acceptors (Lipinski definition) is 2. The van der Waals surface area contributed by atoms with E-state index < -0.39 is 5.97 Å². The first kappa shape index (κ1) is 13.4. The van der Waals surface area contributed by atoms with Crippen LogP contribution in [0.2, 0.25) is 5.02 Å². The van der Waals surface area contributed by atoms with E-state index in [1.54, 1.807) is 18.2 Å². The van der Waals surface area contributed by atoms with Crippen molar-refractivity contribution >= 4 is 17.6 Å². The third kappa shape index (κ3) is 2.41. The zero-order valence-corrected chi connectivity index (χ0v) is 11.6. The molecule has 2 N–H and O–H groups in total. The molecule has 0 saturated carbocycles. The Labute approximate surface area is 126 Å². The number of aromatic nitrogens is 2. The highest BCUT2D eigenvalue weighted by Gasteiger charge is 2.22. The number of rotatable bonds is 3. The molecule has 0 fully saturated rings. The van der Waals surface area contributed by atoms with E-state index in [9.17, 15) is 9.90 Å². The molecule has 3 aromatic rings. The summed E-state index contributed by atoms with van der Waals surface area (Å²) in [6, 6.07) is 16.5. The smallest absolute Gasteiger partial charge is 0.354 e. The summed E-state index contributed by atoms with van der Waals surface area (Å²) >= 11 is 6.22. The normalized spacial score (nSPS) is 10.5. The Bertz CT molecular complexity index is 797. The van der Waals surface area contributed by atoms with Crippen LogP contribution >= 0.6 is 11.6 Å². The molecule has 0 aliphatic heterocycles. The Morgan fingerprint density at radius 2 is 1.71 bits per heavy atom. The molecule has 4 nitrogen and oxygen atoms in total. The van der Waals surface area contributed by atoms with E-state index in [1.165, 1.54) is 0 Å². The molecule has 0 aliphatic carbocycles. The van der Waals surface area contributed by atoms with Crippen LogP contribution in [0.5, 0.6) is 0 Å². The predicted molar refractivity (Wildman–Crippen MR) is 81.4 cm³/mol. The lowest BCUT2D eigenvalue weighted by Crippen LogP contribution is -1.99. The van der Waals surface area contributed by atoms with Gasteiger partial charge in [0.2, 0.25) is 0 Å². The first-order valence-electron chi connectivity index (χ1n) is 6.30. The first-order chi connectivity index (χ1) is 10.2. The van der Waals surface area contributed by atoms with Gasteiger partial charge in [0.1, 0.15) is 5.69 Å². The number of carbonyl (C=O) groups is 1. The van der Waals surface area contributed by atoms with Crippen LogP contribution in [0.3, 0.4) is 0 Å². The Balaban J connectivity index is 2.29. The van der Waals surface area contributed by atoms with Crippen LogP contribution in [0.4, 0.5) is 0 Å². The fraction of sp³-hybridized carbons (Fsp3) is 0. The molecular formula is C16H11ClN2O2. The van der Waals surface area contributed by atoms with Crippen LogP contribution in [0.15, 0.2) is 54.6 Å². The molecule has 5 heteroatoms. The van der Waals surface area contributed by atoms with Gasteiger partial charge in [-0.25, -0.2) is 4.79 Å². The Kier molecular flexibility index (Phi) is 3.46. The maximum absolute atomic E-state index is 11.4. The second kappa shape index (κ2) is 5.42. The van der Waals surface area contributed by atoms with E-state index in [0.29, 0.717) is 21.8 Å². The van der Waals surface area contributed by atoms with Crippen LogP contribution in [-0.2, 0) is 0 Å². The van der Waals surface area contributed by atoms with Crippen molar-refractivity contribution in [2.24, 2.45) is 0 Å². The zero-order valence-electron chi connectivity index (χ0n) is 10.9. The lowest BCUT2D eigenvalue weighted by molar-refractivity contribution is 0.0691. The van der Waals surface area contributed by atoms with Crippen molar-refractivity contribution in [3.05, 3.63) is 65.3 Å². The van der Waals surface area contributed by atoms with Gasteiger partial charge in [-0.15, -0.1) is 0 Å². The fourth-order valence-corrected chi connectivity index (χ4v) is 2.46. The van der Waals surface area contributed by atoms with E-state index in [1.807, 2.05) is 36.4 Å². The molecule has 21 heavy (non-hydrogen) atoms. The highest BCUT2D eigenvalue weighted by molar-refractivity contribution is 6.33. The van der Waals surface area contributed by atoms with Crippen molar-refractivity contribution < 1.29 is 9.90 Å². The molecule has 2 aromatic carbocycles.